The maximum Gasteiger partial charge on any atom is 0.148 e. The Morgan fingerprint density at radius 2 is 1.88 bits per heavy atom. The number of hydrogen-bond acceptors (Lipinski definition) is 4. The van der Waals surface area contributed by atoms with Gasteiger partial charge < -0.3 is 10.4 Å². The lowest BCUT2D eigenvalue weighted by atomic mass is 10.1. The summed E-state index contributed by atoms with van der Waals surface area (Å²) in [5.74, 6) is 0.310. The minimum absolute atomic E-state index is 0.0882. The second-order valence-corrected chi connectivity index (χ2v) is 6.63. The summed E-state index contributed by atoms with van der Waals surface area (Å²) < 4.78 is 22.3. The van der Waals surface area contributed by atoms with Gasteiger partial charge in [-0.2, -0.15) is 0 Å². The molecule has 0 bridgehead atoms. The highest BCUT2D eigenvalue weighted by Crippen LogP contribution is 2.23. The van der Waals surface area contributed by atoms with Crippen molar-refractivity contribution in [2.24, 2.45) is 0 Å². The Hall–Kier alpha value is -1.07. The van der Waals surface area contributed by atoms with Crippen molar-refractivity contribution in [2.45, 2.75) is 25.9 Å². The van der Waals surface area contributed by atoms with Crippen LogP contribution in [0.3, 0.4) is 0 Å². The summed E-state index contributed by atoms with van der Waals surface area (Å²) in [5.41, 5.74) is 0.771. The molecule has 0 fully saturated rings. The average Bonchev–Trinajstić information content (AvgIpc) is 2.14. The van der Waals surface area contributed by atoms with Gasteiger partial charge >= 0.3 is 0 Å². The standard InChI is InChI=1S/C12H19NO3S/c1-9(8-17(3,15)16)13-10(2)11-6-4-5-7-12(11)14/h4-7,9-10,13-14H,8H2,1-3H3. The fourth-order valence-corrected chi connectivity index (χ4v) is 2.88. The van der Waals surface area contributed by atoms with Gasteiger partial charge in [0.05, 0.1) is 5.75 Å². The molecule has 0 aliphatic carbocycles. The van der Waals surface area contributed by atoms with Crippen molar-refractivity contribution in [1.82, 2.24) is 5.32 Å². The minimum Gasteiger partial charge on any atom is -0.508 e. The lowest BCUT2D eigenvalue weighted by Gasteiger charge is -2.20. The molecule has 2 unspecified atom stereocenters. The van der Waals surface area contributed by atoms with Gasteiger partial charge in [0.25, 0.3) is 0 Å². The second-order valence-electron chi connectivity index (χ2n) is 4.44. The summed E-state index contributed by atoms with van der Waals surface area (Å²) in [6.45, 7) is 3.71. The van der Waals surface area contributed by atoms with Gasteiger partial charge in [-0.15, -0.1) is 0 Å². The maximum atomic E-state index is 11.1. The summed E-state index contributed by atoms with van der Waals surface area (Å²) >= 11 is 0. The molecule has 1 rings (SSSR count). The van der Waals surface area contributed by atoms with E-state index in [4.69, 9.17) is 0 Å². The first-order valence-corrected chi connectivity index (χ1v) is 7.57. The lowest BCUT2D eigenvalue weighted by Crippen LogP contribution is -2.34. The van der Waals surface area contributed by atoms with Crippen molar-refractivity contribution in [3.63, 3.8) is 0 Å². The number of phenols is 1. The van der Waals surface area contributed by atoms with E-state index in [0.29, 0.717) is 0 Å². The molecule has 17 heavy (non-hydrogen) atoms. The highest BCUT2D eigenvalue weighted by molar-refractivity contribution is 7.90. The van der Waals surface area contributed by atoms with Gasteiger partial charge in [-0.3, -0.25) is 0 Å². The smallest absolute Gasteiger partial charge is 0.148 e. The van der Waals surface area contributed by atoms with E-state index in [1.165, 1.54) is 6.26 Å². The molecule has 0 saturated carbocycles. The monoisotopic (exact) mass is 257 g/mol. The molecule has 0 aromatic heterocycles. The van der Waals surface area contributed by atoms with Crippen LogP contribution in [-0.4, -0.2) is 31.6 Å². The van der Waals surface area contributed by atoms with Crippen molar-refractivity contribution in [3.05, 3.63) is 29.8 Å². The molecule has 1 aromatic rings. The van der Waals surface area contributed by atoms with E-state index < -0.39 is 9.84 Å². The quantitative estimate of drug-likeness (QED) is 0.838. The summed E-state index contributed by atoms with van der Waals surface area (Å²) in [5, 5.41) is 12.8. The van der Waals surface area contributed by atoms with Crippen LogP contribution in [0.25, 0.3) is 0 Å². The molecule has 0 amide bonds. The van der Waals surface area contributed by atoms with Crippen molar-refractivity contribution >= 4 is 9.84 Å². The van der Waals surface area contributed by atoms with E-state index in [-0.39, 0.29) is 23.6 Å². The minimum atomic E-state index is -2.99. The van der Waals surface area contributed by atoms with E-state index in [9.17, 15) is 13.5 Å². The third-order valence-electron chi connectivity index (χ3n) is 2.49. The third-order valence-corrected chi connectivity index (χ3v) is 3.60. The molecule has 0 aliphatic rings. The van der Waals surface area contributed by atoms with Crippen LogP contribution in [-0.2, 0) is 9.84 Å². The molecule has 0 aliphatic heterocycles. The number of rotatable bonds is 5. The van der Waals surface area contributed by atoms with Crippen molar-refractivity contribution in [3.8, 4) is 5.75 Å². The summed E-state index contributed by atoms with van der Waals surface area (Å²) in [4.78, 5) is 0. The second kappa shape index (κ2) is 5.51. The predicted octanol–water partition coefficient (Wildman–Crippen LogP) is 1.48. The first kappa shape index (κ1) is 14.0. The van der Waals surface area contributed by atoms with Gasteiger partial charge in [-0.1, -0.05) is 18.2 Å². The number of sulfone groups is 1. The van der Waals surface area contributed by atoms with E-state index >= 15 is 0 Å². The molecule has 0 saturated heterocycles. The highest BCUT2D eigenvalue weighted by Gasteiger charge is 2.15. The zero-order valence-corrected chi connectivity index (χ0v) is 11.2. The molecule has 0 radical (unpaired) electrons. The third kappa shape index (κ3) is 4.75. The van der Waals surface area contributed by atoms with Crippen LogP contribution in [0.2, 0.25) is 0 Å². The fourth-order valence-electron chi connectivity index (χ4n) is 1.87. The molecule has 0 heterocycles. The Balaban J connectivity index is 2.67. The number of nitrogens with one attached hydrogen (secondary N) is 1. The molecule has 2 N–H and O–H groups in total. The largest absolute Gasteiger partial charge is 0.508 e. The Kier molecular flexibility index (Phi) is 4.54. The van der Waals surface area contributed by atoms with Gasteiger partial charge in [-0.25, -0.2) is 8.42 Å². The number of hydrogen-bond donors (Lipinski definition) is 2. The van der Waals surface area contributed by atoms with Crippen LogP contribution in [0.4, 0.5) is 0 Å². The maximum absolute atomic E-state index is 11.1. The first-order chi connectivity index (χ1) is 7.79. The molecule has 96 valence electrons. The summed E-state index contributed by atoms with van der Waals surface area (Å²) in [7, 11) is -2.99. The van der Waals surface area contributed by atoms with Gasteiger partial charge in [0.15, 0.2) is 0 Å². The highest BCUT2D eigenvalue weighted by atomic mass is 32.2. The fraction of sp³-hybridized carbons (Fsp3) is 0.500. The summed E-state index contributed by atoms with van der Waals surface area (Å²) in [6, 6.07) is 6.79. The topological polar surface area (TPSA) is 66.4 Å². The van der Waals surface area contributed by atoms with Crippen LogP contribution in [0, 0.1) is 0 Å². The van der Waals surface area contributed by atoms with E-state index in [0.717, 1.165) is 5.56 Å². The zero-order valence-electron chi connectivity index (χ0n) is 10.3. The SMILES string of the molecule is CC(CS(C)(=O)=O)NC(C)c1ccccc1O. The Bertz CT molecular complexity index is 470. The van der Waals surface area contributed by atoms with Gasteiger partial charge in [0, 0.05) is 23.9 Å². The Morgan fingerprint density at radius 3 is 2.41 bits per heavy atom. The Morgan fingerprint density at radius 1 is 1.29 bits per heavy atom. The van der Waals surface area contributed by atoms with Crippen molar-refractivity contribution in [1.29, 1.82) is 0 Å². The van der Waals surface area contributed by atoms with Gasteiger partial charge in [-0.05, 0) is 19.9 Å². The van der Waals surface area contributed by atoms with Gasteiger partial charge in [0.1, 0.15) is 15.6 Å². The molecule has 4 nitrogen and oxygen atoms in total. The first-order valence-electron chi connectivity index (χ1n) is 5.51. The zero-order chi connectivity index (χ0) is 13.1. The van der Waals surface area contributed by atoms with Crippen LogP contribution >= 0.6 is 0 Å². The number of para-hydroxylation sites is 1. The van der Waals surface area contributed by atoms with Crippen LogP contribution < -0.4 is 5.32 Å². The molecule has 2 atom stereocenters. The lowest BCUT2D eigenvalue weighted by molar-refractivity contribution is 0.442. The molecule has 0 spiro atoms. The molecule has 1 aromatic carbocycles. The number of phenolic OH excluding ortho intramolecular Hbond substituents is 1. The molecule has 5 heteroatoms. The van der Waals surface area contributed by atoms with Crippen molar-refractivity contribution in [2.75, 3.05) is 12.0 Å². The van der Waals surface area contributed by atoms with E-state index in [1.807, 2.05) is 26.0 Å². The number of benzene rings is 1. The van der Waals surface area contributed by atoms with Crippen LogP contribution in [0.5, 0.6) is 5.75 Å². The van der Waals surface area contributed by atoms with Crippen LogP contribution in [0.15, 0.2) is 24.3 Å². The van der Waals surface area contributed by atoms with Crippen LogP contribution in [0.1, 0.15) is 25.5 Å². The predicted molar refractivity (Wildman–Crippen MR) is 68.8 cm³/mol. The molecular formula is C12H19NO3S. The normalized spacial score (nSPS) is 15.5. The summed E-state index contributed by atoms with van der Waals surface area (Å²) in [6.07, 6.45) is 1.22. The van der Waals surface area contributed by atoms with E-state index in [1.54, 1.807) is 12.1 Å². The number of aromatic hydroxyl groups is 1. The molecular weight excluding hydrogens is 238 g/mol. The van der Waals surface area contributed by atoms with E-state index in [2.05, 4.69) is 5.32 Å². The Labute approximate surface area is 103 Å². The average molecular weight is 257 g/mol. The van der Waals surface area contributed by atoms with Gasteiger partial charge in [0.2, 0.25) is 0 Å². The van der Waals surface area contributed by atoms with Crippen molar-refractivity contribution < 1.29 is 13.5 Å².